The Morgan fingerprint density at radius 2 is 0.972 bits per heavy atom. The van der Waals surface area contributed by atoms with Crippen LogP contribution < -0.4 is 0 Å². The largest absolute Gasteiger partial charge is 0.361 e. The van der Waals surface area contributed by atoms with Gasteiger partial charge < -0.3 is 9.47 Å². The van der Waals surface area contributed by atoms with Crippen LogP contribution in [0.15, 0.2) is 48.5 Å². The fourth-order valence-electron chi connectivity index (χ4n) is 4.42. The zero-order valence-corrected chi connectivity index (χ0v) is 23.6. The third-order valence-corrected chi connectivity index (χ3v) is 6.63. The molecule has 0 amide bonds. The van der Waals surface area contributed by atoms with Crippen molar-refractivity contribution in [2.24, 2.45) is 0 Å². The molecule has 4 nitrogen and oxygen atoms in total. The summed E-state index contributed by atoms with van der Waals surface area (Å²) < 4.78 is 12.0. The van der Waals surface area contributed by atoms with Gasteiger partial charge >= 0.3 is 0 Å². The second-order valence-electron chi connectivity index (χ2n) is 10.3. The molecule has 0 atom stereocenters. The number of nitrogens with zero attached hydrogens (tertiary/aromatic N) is 2. The van der Waals surface area contributed by atoms with E-state index in [2.05, 4.69) is 86.3 Å². The van der Waals surface area contributed by atoms with Gasteiger partial charge in [-0.2, -0.15) is 0 Å². The van der Waals surface area contributed by atoms with Crippen molar-refractivity contribution in [2.45, 2.75) is 91.3 Å². The molecule has 202 valence electrons. The smallest absolute Gasteiger partial charge is 0.0992 e. The van der Waals surface area contributed by atoms with Crippen LogP contribution >= 0.6 is 0 Å². The quantitative estimate of drug-likeness (QED) is 0.129. The minimum atomic E-state index is 0.640. The molecule has 2 rings (SSSR count). The number of hydrogen-bond donors (Lipinski definition) is 0. The van der Waals surface area contributed by atoms with Crippen molar-refractivity contribution < 1.29 is 9.47 Å². The molecule has 0 bridgehead atoms. The summed E-state index contributed by atoms with van der Waals surface area (Å²) in [4.78, 5) is 4.56. The Morgan fingerprint density at radius 3 is 1.39 bits per heavy atom. The van der Waals surface area contributed by atoms with Gasteiger partial charge in [0.15, 0.2) is 0 Å². The summed E-state index contributed by atoms with van der Waals surface area (Å²) in [6, 6.07) is 17.4. The first-order valence-electron chi connectivity index (χ1n) is 14.3. The lowest BCUT2D eigenvalue weighted by Crippen LogP contribution is -2.22. The molecule has 0 aliphatic heterocycles. The van der Waals surface area contributed by atoms with E-state index in [4.69, 9.17) is 9.47 Å². The zero-order chi connectivity index (χ0) is 25.8. The molecule has 0 fully saturated rings. The molecular formula is C32H52N2O2. The van der Waals surface area contributed by atoms with Gasteiger partial charge in [0.25, 0.3) is 0 Å². The van der Waals surface area contributed by atoms with Crippen LogP contribution in [0, 0.1) is 0 Å². The Bertz CT molecular complexity index is 743. The fourth-order valence-corrected chi connectivity index (χ4v) is 4.42. The van der Waals surface area contributed by atoms with Crippen LogP contribution in [-0.4, -0.2) is 50.4 Å². The maximum Gasteiger partial charge on any atom is 0.0992 e. The van der Waals surface area contributed by atoms with E-state index in [1.165, 1.54) is 86.5 Å². The first-order valence-corrected chi connectivity index (χ1v) is 14.3. The van der Waals surface area contributed by atoms with Gasteiger partial charge in [-0.05, 0) is 74.4 Å². The van der Waals surface area contributed by atoms with Crippen LogP contribution in [0.5, 0.6) is 0 Å². The molecule has 0 N–H and O–H groups in total. The molecule has 0 radical (unpaired) electrons. The predicted molar refractivity (Wildman–Crippen MR) is 154 cm³/mol. The van der Waals surface area contributed by atoms with Crippen molar-refractivity contribution in [3.8, 4) is 11.1 Å². The lowest BCUT2D eigenvalue weighted by Gasteiger charge is -2.17. The summed E-state index contributed by atoms with van der Waals surface area (Å²) in [5.41, 5.74) is 4.88. The summed E-state index contributed by atoms with van der Waals surface area (Å²) in [5, 5.41) is 0. The first-order chi connectivity index (χ1) is 17.6. The van der Waals surface area contributed by atoms with Crippen LogP contribution in [0.3, 0.4) is 0 Å². The van der Waals surface area contributed by atoms with Gasteiger partial charge in [-0.25, -0.2) is 0 Å². The average molecular weight is 497 g/mol. The molecule has 0 saturated heterocycles. The number of rotatable bonds is 21. The van der Waals surface area contributed by atoms with Gasteiger partial charge in [0.1, 0.15) is 0 Å². The van der Waals surface area contributed by atoms with Crippen molar-refractivity contribution in [3.05, 3.63) is 59.7 Å². The predicted octanol–water partition coefficient (Wildman–Crippen LogP) is 8.11. The van der Waals surface area contributed by atoms with E-state index in [9.17, 15) is 0 Å². The lowest BCUT2D eigenvalue weighted by atomic mass is 10.0. The summed E-state index contributed by atoms with van der Waals surface area (Å²) >= 11 is 0. The number of unbranched alkanes of at least 4 members (excludes halogenated alkanes) is 8. The van der Waals surface area contributed by atoms with Crippen LogP contribution in [0.1, 0.15) is 89.2 Å². The van der Waals surface area contributed by atoms with E-state index in [-0.39, 0.29) is 0 Å². The molecule has 0 saturated carbocycles. The van der Waals surface area contributed by atoms with Crippen molar-refractivity contribution in [2.75, 3.05) is 40.6 Å². The molecule has 0 spiro atoms. The molecule has 2 aromatic rings. The Morgan fingerprint density at radius 1 is 0.556 bits per heavy atom. The molecule has 36 heavy (non-hydrogen) atoms. The van der Waals surface area contributed by atoms with E-state index in [0.29, 0.717) is 26.7 Å². The van der Waals surface area contributed by atoms with E-state index in [1.54, 1.807) is 0 Å². The first kappa shape index (κ1) is 30.5. The van der Waals surface area contributed by atoms with E-state index >= 15 is 0 Å². The molecule has 2 aromatic carbocycles. The molecular weight excluding hydrogens is 444 g/mol. The second kappa shape index (κ2) is 19.4. The zero-order valence-electron chi connectivity index (χ0n) is 23.6. The third-order valence-electron chi connectivity index (χ3n) is 6.63. The van der Waals surface area contributed by atoms with E-state index in [1.807, 2.05) is 0 Å². The van der Waals surface area contributed by atoms with Gasteiger partial charge in [-0.15, -0.1) is 0 Å². The maximum absolute atomic E-state index is 6.00. The molecule has 0 aliphatic rings. The van der Waals surface area contributed by atoms with Gasteiger partial charge in [-0.1, -0.05) is 102 Å². The van der Waals surface area contributed by atoms with Crippen LogP contribution in [0.25, 0.3) is 11.1 Å². The Hall–Kier alpha value is -1.72. The number of ether oxygens (including phenoxy) is 2. The van der Waals surface area contributed by atoms with Gasteiger partial charge in [0.2, 0.25) is 0 Å². The second-order valence-corrected chi connectivity index (χ2v) is 10.3. The third kappa shape index (κ3) is 13.5. The minimum Gasteiger partial charge on any atom is -0.361 e. The summed E-state index contributed by atoms with van der Waals surface area (Å²) in [6.45, 7) is 9.37. The van der Waals surface area contributed by atoms with E-state index in [0.717, 1.165) is 13.1 Å². The Balaban J connectivity index is 1.73. The molecule has 0 aliphatic carbocycles. The summed E-state index contributed by atoms with van der Waals surface area (Å²) in [6.07, 6.45) is 13.1. The topological polar surface area (TPSA) is 24.9 Å². The van der Waals surface area contributed by atoms with Gasteiger partial charge in [0, 0.05) is 0 Å². The van der Waals surface area contributed by atoms with Crippen molar-refractivity contribution in [3.63, 3.8) is 0 Å². The highest BCUT2D eigenvalue weighted by molar-refractivity contribution is 5.64. The van der Waals surface area contributed by atoms with Gasteiger partial charge in [0.05, 0.1) is 26.7 Å². The van der Waals surface area contributed by atoms with Crippen LogP contribution in [-0.2, 0) is 22.7 Å². The minimum absolute atomic E-state index is 0.640. The van der Waals surface area contributed by atoms with Crippen LogP contribution in [0.2, 0.25) is 0 Å². The summed E-state index contributed by atoms with van der Waals surface area (Å²) in [7, 11) is 4.30. The highest BCUT2D eigenvalue weighted by Crippen LogP contribution is 2.22. The lowest BCUT2D eigenvalue weighted by molar-refractivity contribution is 0.0315. The maximum atomic E-state index is 6.00. The number of benzene rings is 2. The molecule has 0 aromatic heterocycles. The monoisotopic (exact) mass is 496 g/mol. The molecule has 0 unspecified atom stereocenters. The summed E-state index contributed by atoms with van der Waals surface area (Å²) in [5.74, 6) is 0. The Labute approximate surface area is 222 Å². The average Bonchev–Trinajstić information content (AvgIpc) is 2.89. The normalized spacial score (nSPS) is 11.6. The molecule has 0 heterocycles. The molecule has 4 heteroatoms. The fraction of sp³-hybridized carbons (Fsp3) is 0.625. The van der Waals surface area contributed by atoms with Crippen molar-refractivity contribution in [1.29, 1.82) is 0 Å². The van der Waals surface area contributed by atoms with Crippen molar-refractivity contribution in [1.82, 2.24) is 9.80 Å². The number of hydrogen-bond acceptors (Lipinski definition) is 4. The standard InChI is InChI=1S/C32H52N2O2/c1-5-7-9-11-13-21-33(3)27-35-25-29-17-15-19-31(23-29)32-20-16-18-30(24-32)26-36-28-34(4)22-14-12-10-8-6-2/h15-20,23-24H,5-14,21-22,25-28H2,1-4H3. The highest BCUT2D eigenvalue weighted by atomic mass is 16.5. The Kier molecular flexibility index (Phi) is 16.4. The van der Waals surface area contributed by atoms with E-state index < -0.39 is 0 Å². The SMILES string of the molecule is CCCCCCCN(C)COCc1cccc(-c2cccc(COCN(C)CCCCCCC)c2)c1. The van der Waals surface area contributed by atoms with Crippen molar-refractivity contribution >= 4 is 0 Å². The van der Waals surface area contributed by atoms with Crippen LogP contribution in [0.4, 0.5) is 0 Å². The van der Waals surface area contributed by atoms with Gasteiger partial charge in [-0.3, -0.25) is 9.80 Å². The highest BCUT2D eigenvalue weighted by Gasteiger charge is 2.04.